The quantitative estimate of drug-likeness (QED) is 0.415. The van der Waals surface area contributed by atoms with E-state index in [1.807, 2.05) is 25.3 Å². The molecule has 0 aliphatic rings. The standard InChI is InChI=1S/C18H22N6O4S/c1-4-23-15(12-6-5-7-28-12)21-22-18(23)29-9-11(25)13-14(19)24(8-10(2)3)17(27)20-16(13)26/h5-7,10H,4,8-9,19H2,1-3H3,(H,20,26,27). The molecule has 0 aliphatic carbocycles. The van der Waals surface area contributed by atoms with Gasteiger partial charge in [0.15, 0.2) is 22.5 Å². The first kappa shape index (κ1) is 20.6. The largest absolute Gasteiger partial charge is 0.461 e. The van der Waals surface area contributed by atoms with Crippen LogP contribution in [0.1, 0.15) is 31.1 Å². The predicted octanol–water partition coefficient (Wildman–Crippen LogP) is 1.62. The van der Waals surface area contributed by atoms with Crippen LogP contribution in [0, 0.1) is 5.92 Å². The van der Waals surface area contributed by atoms with Crippen molar-refractivity contribution in [1.82, 2.24) is 24.3 Å². The SMILES string of the molecule is CCn1c(SCC(=O)c2c(N)n(CC(C)C)c(=O)[nH]c2=O)nnc1-c1ccco1. The second-order valence-electron chi connectivity index (χ2n) is 6.76. The van der Waals surface area contributed by atoms with Gasteiger partial charge in [0.1, 0.15) is 11.4 Å². The number of H-pyrrole nitrogens is 1. The Morgan fingerprint density at radius 2 is 2.07 bits per heavy atom. The summed E-state index contributed by atoms with van der Waals surface area (Å²) in [7, 11) is 0. The summed E-state index contributed by atoms with van der Waals surface area (Å²) in [5.41, 5.74) is 4.37. The molecule has 3 aromatic heterocycles. The predicted molar refractivity (Wildman–Crippen MR) is 109 cm³/mol. The third kappa shape index (κ3) is 4.19. The maximum absolute atomic E-state index is 12.7. The Kier molecular flexibility index (Phi) is 6.06. The lowest BCUT2D eigenvalue weighted by Crippen LogP contribution is -2.37. The number of rotatable bonds is 8. The molecule has 0 radical (unpaired) electrons. The Bertz CT molecular complexity index is 1130. The molecule has 0 fully saturated rings. The van der Waals surface area contributed by atoms with Crippen LogP contribution in [-0.4, -0.2) is 35.9 Å². The normalized spacial score (nSPS) is 11.3. The number of thioether (sulfide) groups is 1. The number of carbonyl (C=O) groups excluding carboxylic acids is 1. The number of furan rings is 1. The van der Waals surface area contributed by atoms with Crippen molar-refractivity contribution in [2.45, 2.75) is 39.0 Å². The van der Waals surface area contributed by atoms with Crippen LogP contribution in [0.4, 0.5) is 5.82 Å². The first-order valence-electron chi connectivity index (χ1n) is 9.09. The van der Waals surface area contributed by atoms with E-state index in [0.29, 0.717) is 29.8 Å². The van der Waals surface area contributed by atoms with E-state index in [1.54, 1.807) is 18.4 Å². The van der Waals surface area contributed by atoms with Crippen LogP contribution in [0.5, 0.6) is 0 Å². The number of ketones is 1. The molecule has 0 spiro atoms. The fourth-order valence-electron chi connectivity index (χ4n) is 2.87. The van der Waals surface area contributed by atoms with E-state index in [1.165, 1.54) is 4.57 Å². The van der Waals surface area contributed by atoms with Crippen molar-refractivity contribution < 1.29 is 9.21 Å². The Balaban J connectivity index is 1.85. The highest BCUT2D eigenvalue weighted by Crippen LogP contribution is 2.25. The molecule has 10 nitrogen and oxygen atoms in total. The van der Waals surface area contributed by atoms with E-state index in [9.17, 15) is 14.4 Å². The zero-order valence-electron chi connectivity index (χ0n) is 16.3. The first-order chi connectivity index (χ1) is 13.8. The molecule has 0 amide bonds. The van der Waals surface area contributed by atoms with Gasteiger partial charge < -0.3 is 10.2 Å². The summed E-state index contributed by atoms with van der Waals surface area (Å²) in [5, 5.41) is 8.75. The van der Waals surface area contributed by atoms with E-state index in [-0.39, 0.29) is 23.1 Å². The maximum atomic E-state index is 12.7. The van der Waals surface area contributed by atoms with Crippen molar-refractivity contribution in [3.05, 3.63) is 44.8 Å². The Labute approximate surface area is 170 Å². The van der Waals surface area contributed by atoms with Crippen molar-refractivity contribution in [2.75, 3.05) is 11.5 Å². The van der Waals surface area contributed by atoms with Gasteiger partial charge in [0.25, 0.3) is 5.56 Å². The second-order valence-corrected chi connectivity index (χ2v) is 7.71. The van der Waals surface area contributed by atoms with E-state index in [2.05, 4.69) is 15.2 Å². The molecule has 0 saturated carbocycles. The number of aromatic nitrogens is 5. The lowest BCUT2D eigenvalue weighted by molar-refractivity contribution is 0.102. The summed E-state index contributed by atoms with van der Waals surface area (Å²) < 4.78 is 8.39. The molecule has 0 atom stereocenters. The molecule has 0 aliphatic heterocycles. The Hall–Kier alpha value is -3.08. The van der Waals surface area contributed by atoms with Gasteiger partial charge in [0, 0.05) is 13.1 Å². The molecule has 154 valence electrons. The summed E-state index contributed by atoms with van der Waals surface area (Å²) in [6.45, 7) is 6.60. The highest BCUT2D eigenvalue weighted by Gasteiger charge is 2.22. The number of anilines is 1. The van der Waals surface area contributed by atoms with E-state index in [0.717, 1.165) is 11.8 Å². The number of nitrogens with two attached hydrogens (primary N) is 1. The average Bonchev–Trinajstić information content (AvgIpc) is 3.31. The van der Waals surface area contributed by atoms with E-state index < -0.39 is 17.0 Å². The Morgan fingerprint density at radius 1 is 1.31 bits per heavy atom. The maximum Gasteiger partial charge on any atom is 0.329 e. The molecular formula is C18H22N6O4S. The smallest absolute Gasteiger partial charge is 0.329 e. The van der Waals surface area contributed by atoms with Crippen molar-refractivity contribution in [3.63, 3.8) is 0 Å². The summed E-state index contributed by atoms with van der Waals surface area (Å²) in [5.74, 6) is 0.544. The molecule has 0 saturated heterocycles. The van der Waals surface area contributed by atoms with Crippen LogP contribution < -0.4 is 17.0 Å². The van der Waals surface area contributed by atoms with Gasteiger partial charge in [-0.2, -0.15) is 0 Å². The zero-order chi connectivity index (χ0) is 21.1. The summed E-state index contributed by atoms with van der Waals surface area (Å²) in [4.78, 5) is 39.1. The monoisotopic (exact) mass is 418 g/mol. The third-order valence-electron chi connectivity index (χ3n) is 4.17. The van der Waals surface area contributed by atoms with Gasteiger partial charge in [0.05, 0.1) is 12.0 Å². The highest BCUT2D eigenvalue weighted by molar-refractivity contribution is 7.99. The molecule has 0 bridgehead atoms. The minimum absolute atomic E-state index is 0.0799. The first-order valence-corrected chi connectivity index (χ1v) is 10.1. The second kappa shape index (κ2) is 8.52. The van der Waals surface area contributed by atoms with Gasteiger partial charge in [-0.05, 0) is 25.0 Å². The summed E-state index contributed by atoms with van der Waals surface area (Å²) in [6.07, 6.45) is 1.54. The van der Waals surface area contributed by atoms with Crippen LogP contribution in [0.2, 0.25) is 0 Å². The summed E-state index contributed by atoms with van der Waals surface area (Å²) in [6, 6.07) is 3.52. The zero-order valence-corrected chi connectivity index (χ0v) is 17.2. The number of hydrogen-bond acceptors (Lipinski definition) is 8. The number of aromatic amines is 1. The summed E-state index contributed by atoms with van der Waals surface area (Å²) >= 11 is 1.14. The van der Waals surface area contributed by atoms with Crippen LogP contribution in [-0.2, 0) is 13.1 Å². The van der Waals surface area contributed by atoms with E-state index in [4.69, 9.17) is 10.2 Å². The van der Waals surface area contributed by atoms with Gasteiger partial charge >= 0.3 is 5.69 Å². The van der Waals surface area contributed by atoms with Crippen LogP contribution >= 0.6 is 11.8 Å². The van der Waals surface area contributed by atoms with Gasteiger partial charge in [-0.1, -0.05) is 25.6 Å². The molecule has 0 unspecified atom stereocenters. The molecule has 29 heavy (non-hydrogen) atoms. The molecule has 3 heterocycles. The number of hydrogen-bond donors (Lipinski definition) is 2. The topological polar surface area (TPSA) is 142 Å². The van der Waals surface area contributed by atoms with Crippen molar-refractivity contribution >= 4 is 23.4 Å². The number of nitrogen functional groups attached to an aromatic ring is 1. The van der Waals surface area contributed by atoms with Crippen molar-refractivity contribution in [2.24, 2.45) is 5.92 Å². The lowest BCUT2D eigenvalue weighted by atomic mass is 10.2. The average molecular weight is 418 g/mol. The minimum atomic E-state index is -0.786. The van der Waals surface area contributed by atoms with Crippen LogP contribution in [0.3, 0.4) is 0 Å². The third-order valence-corrected chi connectivity index (χ3v) is 5.14. The Morgan fingerprint density at radius 3 is 2.69 bits per heavy atom. The molecule has 3 N–H and O–H groups in total. The van der Waals surface area contributed by atoms with Gasteiger partial charge in [-0.15, -0.1) is 10.2 Å². The van der Waals surface area contributed by atoms with Gasteiger partial charge in [-0.25, -0.2) is 4.79 Å². The molecular weight excluding hydrogens is 396 g/mol. The molecule has 0 aromatic carbocycles. The molecule has 11 heteroatoms. The number of Topliss-reactive ketones (excluding diaryl/α,β-unsaturated/α-hetero) is 1. The number of nitrogens with zero attached hydrogens (tertiary/aromatic N) is 4. The van der Waals surface area contributed by atoms with Crippen LogP contribution in [0.15, 0.2) is 37.6 Å². The number of carbonyl (C=O) groups is 1. The van der Waals surface area contributed by atoms with E-state index >= 15 is 0 Å². The fraction of sp³-hybridized carbons (Fsp3) is 0.389. The number of nitrogens with one attached hydrogen (secondary N) is 1. The van der Waals surface area contributed by atoms with Crippen molar-refractivity contribution in [3.8, 4) is 11.6 Å². The lowest BCUT2D eigenvalue weighted by Gasteiger charge is -2.13. The van der Waals surface area contributed by atoms with Crippen molar-refractivity contribution in [1.29, 1.82) is 0 Å². The highest BCUT2D eigenvalue weighted by atomic mass is 32.2. The van der Waals surface area contributed by atoms with Gasteiger partial charge in [-0.3, -0.25) is 23.7 Å². The molecule has 3 aromatic rings. The molecule has 3 rings (SSSR count). The van der Waals surface area contributed by atoms with Crippen LogP contribution in [0.25, 0.3) is 11.6 Å². The fourth-order valence-corrected chi connectivity index (χ4v) is 3.75. The van der Waals surface area contributed by atoms with Gasteiger partial charge in [0.2, 0.25) is 0 Å². The minimum Gasteiger partial charge on any atom is -0.461 e.